The largest absolute Gasteiger partial charge is 0.347 e. The standard InChI is InChI=1S/C18H20BrN3O4S2/c19-14-3-5-15(6-4-14)21-16(23)12-20-18(24)13-7-9-22(10-8-13)28(25,26)17-2-1-11-27-17/h1-6,11,13H,7-10,12H2,(H,20,24)(H,21,23). The molecule has 7 nitrogen and oxygen atoms in total. The van der Waals surface area contributed by atoms with E-state index in [9.17, 15) is 18.0 Å². The lowest BCUT2D eigenvalue weighted by molar-refractivity contribution is -0.128. The van der Waals surface area contributed by atoms with Gasteiger partial charge in [0, 0.05) is 29.2 Å². The number of nitrogens with one attached hydrogen (secondary N) is 2. The van der Waals surface area contributed by atoms with Gasteiger partial charge in [-0.3, -0.25) is 9.59 Å². The van der Waals surface area contributed by atoms with Crippen molar-refractivity contribution in [2.45, 2.75) is 17.1 Å². The fourth-order valence-electron chi connectivity index (χ4n) is 2.95. The van der Waals surface area contributed by atoms with Crippen LogP contribution in [0.15, 0.2) is 50.5 Å². The molecular formula is C18H20BrN3O4S2. The molecule has 1 aromatic carbocycles. The highest BCUT2D eigenvalue weighted by Crippen LogP contribution is 2.26. The van der Waals surface area contributed by atoms with Gasteiger partial charge in [0.25, 0.3) is 10.0 Å². The Hall–Kier alpha value is -1.75. The first-order valence-corrected chi connectivity index (χ1v) is 11.8. The normalized spacial score (nSPS) is 15.9. The van der Waals surface area contributed by atoms with Crippen molar-refractivity contribution in [3.8, 4) is 0 Å². The van der Waals surface area contributed by atoms with E-state index in [1.54, 1.807) is 29.6 Å². The maximum Gasteiger partial charge on any atom is 0.252 e. The number of thiophene rings is 1. The van der Waals surface area contributed by atoms with Gasteiger partial charge < -0.3 is 10.6 Å². The minimum absolute atomic E-state index is 0.122. The van der Waals surface area contributed by atoms with Crippen molar-refractivity contribution in [1.82, 2.24) is 9.62 Å². The van der Waals surface area contributed by atoms with E-state index in [1.807, 2.05) is 12.1 Å². The maximum atomic E-state index is 12.5. The molecule has 1 aliphatic rings. The second-order valence-corrected chi connectivity index (χ2v) is 10.4. The number of hydrogen-bond acceptors (Lipinski definition) is 5. The third-order valence-electron chi connectivity index (χ3n) is 4.47. The topological polar surface area (TPSA) is 95.6 Å². The van der Waals surface area contributed by atoms with Crippen LogP contribution in [0, 0.1) is 5.92 Å². The van der Waals surface area contributed by atoms with E-state index in [1.165, 1.54) is 15.6 Å². The summed E-state index contributed by atoms with van der Waals surface area (Å²) >= 11 is 4.51. The maximum absolute atomic E-state index is 12.5. The SMILES string of the molecule is O=C(CNC(=O)C1CCN(S(=O)(=O)c2cccs2)CC1)Nc1ccc(Br)cc1. The first-order chi connectivity index (χ1) is 13.4. The Labute approximate surface area is 176 Å². The number of halogens is 1. The number of carbonyl (C=O) groups excluding carboxylic acids is 2. The Kier molecular flexibility index (Phi) is 6.86. The molecular weight excluding hydrogens is 466 g/mol. The van der Waals surface area contributed by atoms with Crippen LogP contribution in [0.2, 0.25) is 0 Å². The van der Waals surface area contributed by atoms with Gasteiger partial charge in [-0.1, -0.05) is 22.0 Å². The number of nitrogens with zero attached hydrogens (tertiary/aromatic N) is 1. The van der Waals surface area contributed by atoms with Gasteiger partial charge in [0.15, 0.2) is 0 Å². The van der Waals surface area contributed by atoms with Gasteiger partial charge in [-0.15, -0.1) is 11.3 Å². The summed E-state index contributed by atoms with van der Waals surface area (Å²) in [6.07, 6.45) is 0.871. The van der Waals surface area contributed by atoms with Crippen LogP contribution in [-0.4, -0.2) is 44.2 Å². The third-order valence-corrected chi connectivity index (χ3v) is 8.27. The zero-order valence-corrected chi connectivity index (χ0v) is 18.1. The predicted molar refractivity (Wildman–Crippen MR) is 112 cm³/mol. The fourth-order valence-corrected chi connectivity index (χ4v) is 5.82. The van der Waals surface area contributed by atoms with Gasteiger partial charge in [-0.2, -0.15) is 4.31 Å². The molecule has 0 radical (unpaired) electrons. The van der Waals surface area contributed by atoms with Crippen LogP contribution in [0.4, 0.5) is 5.69 Å². The summed E-state index contributed by atoms with van der Waals surface area (Å²) in [4.78, 5) is 24.3. The Balaban J connectivity index is 1.45. The van der Waals surface area contributed by atoms with Crippen LogP contribution in [0.25, 0.3) is 0 Å². The van der Waals surface area contributed by atoms with Crippen LogP contribution in [0.1, 0.15) is 12.8 Å². The summed E-state index contributed by atoms with van der Waals surface area (Å²) in [6.45, 7) is 0.468. The smallest absolute Gasteiger partial charge is 0.252 e. The van der Waals surface area contributed by atoms with Gasteiger partial charge in [0.05, 0.1) is 6.54 Å². The van der Waals surface area contributed by atoms with Crippen LogP contribution in [0.5, 0.6) is 0 Å². The third kappa shape index (κ3) is 5.19. The lowest BCUT2D eigenvalue weighted by Crippen LogP contribution is -2.44. The molecule has 1 aliphatic heterocycles. The number of sulfonamides is 1. The van der Waals surface area contributed by atoms with Gasteiger partial charge in [-0.25, -0.2) is 8.42 Å². The summed E-state index contributed by atoms with van der Waals surface area (Å²) in [7, 11) is -3.48. The predicted octanol–water partition coefficient (Wildman–Crippen LogP) is 2.67. The van der Waals surface area contributed by atoms with Crippen molar-refractivity contribution in [2.24, 2.45) is 5.92 Å². The molecule has 150 valence electrons. The Morgan fingerprint density at radius 1 is 1.14 bits per heavy atom. The number of piperidine rings is 1. The van der Waals surface area contributed by atoms with Gasteiger partial charge in [-0.05, 0) is 48.6 Å². The van der Waals surface area contributed by atoms with Crippen molar-refractivity contribution in [3.63, 3.8) is 0 Å². The van der Waals surface area contributed by atoms with Crippen LogP contribution < -0.4 is 10.6 Å². The first-order valence-electron chi connectivity index (χ1n) is 8.73. The average molecular weight is 486 g/mol. The molecule has 0 bridgehead atoms. The highest BCUT2D eigenvalue weighted by Gasteiger charge is 2.32. The molecule has 0 unspecified atom stereocenters. The molecule has 1 aromatic heterocycles. The highest BCUT2D eigenvalue weighted by molar-refractivity contribution is 9.10. The molecule has 10 heteroatoms. The molecule has 0 aliphatic carbocycles. The van der Waals surface area contributed by atoms with Crippen molar-refractivity contribution in [1.29, 1.82) is 0 Å². The summed E-state index contributed by atoms with van der Waals surface area (Å²) in [5.41, 5.74) is 0.648. The number of carbonyl (C=O) groups is 2. The van der Waals surface area contributed by atoms with Crippen LogP contribution >= 0.6 is 27.3 Å². The van der Waals surface area contributed by atoms with Crippen molar-refractivity contribution in [2.75, 3.05) is 25.0 Å². The van der Waals surface area contributed by atoms with E-state index in [2.05, 4.69) is 26.6 Å². The monoisotopic (exact) mass is 485 g/mol. The fraction of sp³-hybridized carbons (Fsp3) is 0.333. The van der Waals surface area contributed by atoms with E-state index >= 15 is 0 Å². The summed E-state index contributed by atoms with van der Waals surface area (Å²) in [5.74, 6) is -0.831. The second kappa shape index (κ2) is 9.17. The number of rotatable bonds is 6. The van der Waals surface area contributed by atoms with Crippen LogP contribution in [0.3, 0.4) is 0 Å². The van der Waals surface area contributed by atoms with E-state index in [4.69, 9.17) is 0 Å². The lowest BCUT2D eigenvalue weighted by atomic mass is 9.97. The average Bonchev–Trinajstić information content (AvgIpc) is 3.24. The molecule has 28 heavy (non-hydrogen) atoms. The minimum atomic E-state index is -3.48. The lowest BCUT2D eigenvalue weighted by Gasteiger charge is -2.30. The number of anilines is 1. The molecule has 0 saturated carbocycles. The van der Waals surface area contributed by atoms with Crippen molar-refractivity contribution >= 4 is 54.8 Å². The van der Waals surface area contributed by atoms with Crippen LogP contribution in [-0.2, 0) is 19.6 Å². The molecule has 0 spiro atoms. The Morgan fingerprint density at radius 3 is 2.43 bits per heavy atom. The van der Waals surface area contributed by atoms with Gasteiger partial charge in [0.2, 0.25) is 11.8 Å². The quantitative estimate of drug-likeness (QED) is 0.657. The zero-order chi connectivity index (χ0) is 20.1. The molecule has 3 rings (SSSR count). The van der Waals surface area contributed by atoms with E-state index in [0.717, 1.165) is 4.47 Å². The van der Waals surface area contributed by atoms with Crippen molar-refractivity contribution in [3.05, 3.63) is 46.3 Å². The van der Waals surface area contributed by atoms with E-state index in [-0.39, 0.29) is 24.3 Å². The first kappa shape index (κ1) is 21.0. The number of benzene rings is 1. The number of amides is 2. The molecule has 0 atom stereocenters. The number of hydrogen-bond donors (Lipinski definition) is 2. The summed E-state index contributed by atoms with van der Waals surface area (Å²) < 4.78 is 27.7. The van der Waals surface area contributed by atoms with Gasteiger partial charge >= 0.3 is 0 Å². The van der Waals surface area contributed by atoms with E-state index in [0.29, 0.717) is 35.8 Å². The molecule has 2 amide bonds. The molecule has 1 saturated heterocycles. The molecule has 2 heterocycles. The minimum Gasteiger partial charge on any atom is -0.347 e. The van der Waals surface area contributed by atoms with E-state index < -0.39 is 10.0 Å². The van der Waals surface area contributed by atoms with Crippen molar-refractivity contribution < 1.29 is 18.0 Å². The summed E-state index contributed by atoms with van der Waals surface area (Å²) in [6, 6.07) is 10.4. The van der Waals surface area contributed by atoms with Gasteiger partial charge in [0.1, 0.15) is 4.21 Å². The summed E-state index contributed by atoms with van der Waals surface area (Å²) in [5, 5.41) is 7.08. The second-order valence-electron chi connectivity index (χ2n) is 6.38. The zero-order valence-electron chi connectivity index (χ0n) is 14.9. The molecule has 2 N–H and O–H groups in total. The Bertz CT molecular complexity index is 922. The molecule has 2 aromatic rings. The Morgan fingerprint density at radius 2 is 1.82 bits per heavy atom. The highest BCUT2D eigenvalue weighted by atomic mass is 79.9. The molecule has 1 fully saturated rings.